The summed E-state index contributed by atoms with van der Waals surface area (Å²) < 4.78 is 0. The third kappa shape index (κ3) is 43.9. The van der Waals surface area contributed by atoms with Gasteiger partial charge in [0.05, 0.1) is 13.2 Å². The maximum atomic E-state index is 5.41. The second-order valence-electron chi connectivity index (χ2n) is 15.1. The average molecular weight is 651 g/mol. The molecule has 0 aromatic carbocycles. The molecule has 0 aliphatic rings. The second-order valence-corrected chi connectivity index (χ2v) is 15.1. The van der Waals surface area contributed by atoms with Gasteiger partial charge in [0.15, 0.2) is 0 Å². The predicted molar refractivity (Wildman–Crippen MR) is 208 cm³/mol. The maximum Gasteiger partial charge on any atom is 0.0822 e. The standard InChI is InChI=1S/C44H90O2/c1-3-5-7-9-11-13-15-17-19-21-23-25-27-29-31-33-35-37-39-41-43-45-46-44-42-40-38-36-34-32-30-28-26-24-22-20-18-16-14-12-10-8-6-4-2/h3-44H2,1-2H3. The fourth-order valence-corrected chi connectivity index (χ4v) is 6.95. The Morgan fingerprint density at radius 3 is 0.457 bits per heavy atom. The van der Waals surface area contributed by atoms with Gasteiger partial charge in [0, 0.05) is 0 Å². The van der Waals surface area contributed by atoms with Gasteiger partial charge < -0.3 is 0 Å². The van der Waals surface area contributed by atoms with Crippen LogP contribution < -0.4 is 0 Å². The van der Waals surface area contributed by atoms with Crippen molar-refractivity contribution in [2.75, 3.05) is 13.2 Å². The van der Waals surface area contributed by atoms with Gasteiger partial charge in [-0.3, -0.25) is 0 Å². The van der Waals surface area contributed by atoms with Crippen molar-refractivity contribution in [3.8, 4) is 0 Å². The number of hydrogen-bond acceptors (Lipinski definition) is 2. The molecular weight excluding hydrogens is 560 g/mol. The van der Waals surface area contributed by atoms with E-state index < -0.39 is 0 Å². The fourth-order valence-electron chi connectivity index (χ4n) is 6.95. The molecule has 0 aliphatic heterocycles. The van der Waals surface area contributed by atoms with Gasteiger partial charge in [-0.25, -0.2) is 9.78 Å². The third-order valence-electron chi connectivity index (χ3n) is 10.2. The van der Waals surface area contributed by atoms with Crippen LogP contribution in [-0.2, 0) is 9.78 Å². The largest absolute Gasteiger partial charge is 0.237 e. The van der Waals surface area contributed by atoms with Gasteiger partial charge in [-0.05, 0) is 12.8 Å². The molecule has 46 heavy (non-hydrogen) atoms. The Labute approximate surface area is 293 Å². The van der Waals surface area contributed by atoms with E-state index in [1.54, 1.807) is 0 Å². The first-order valence-electron chi connectivity index (χ1n) is 22.2. The molecule has 0 rings (SSSR count). The lowest BCUT2D eigenvalue weighted by atomic mass is 10.0. The topological polar surface area (TPSA) is 18.5 Å². The molecule has 0 atom stereocenters. The third-order valence-corrected chi connectivity index (χ3v) is 10.2. The van der Waals surface area contributed by atoms with Crippen LogP contribution in [0.4, 0.5) is 0 Å². The molecule has 0 saturated carbocycles. The van der Waals surface area contributed by atoms with Gasteiger partial charge in [0.2, 0.25) is 0 Å². The highest BCUT2D eigenvalue weighted by molar-refractivity contribution is 4.52. The lowest BCUT2D eigenvalue weighted by molar-refractivity contribution is -0.295. The second kappa shape index (κ2) is 44.9. The minimum Gasteiger partial charge on any atom is -0.237 e. The molecule has 2 nitrogen and oxygen atoms in total. The Morgan fingerprint density at radius 1 is 0.174 bits per heavy atom. The van der Waals surface area contributed by atoms with Crippen molar-refractivity contribution in [2.45, 2.75) is 271 Å². The van der Waals surface area contributed by atoms with Crippen molar-refractivity contribution in [3.05, 3.63) is 0 Å². The van der Waals surface area contributed by atoms with E-state index in [1.807, 2.05) is 0 Å². The van der Waals surface area contributed by atoms with Gasteiger partial charge in [0.25, 0.3) is 0 Å². The van der Waals surface area contributed by atoms with E-state index >= 15 is 0 Å². The van der Waals surface area contributed by atoms with Crippen LogP contribution in [0.25, 0.3) is 0 Å². The van der Waals surface area contributed by atoms with E-state index in [0.717, 1.165) is 26.1 Å². The van der Waals surface area contributed by atoms with Gasteiger partial charge in [-0.1, -0.05) is 258 Å². The fraction of sp³-hybridized carbons (Fsp3) is 1.00. The average Bonchev–Trinajstić information content (AvgIpc) is 3.07. The quantitative estimate of drug-likeness (QED) is 0.0371. The molecule has 0 N–H and O–H groups in total. The molecule has 0 heterocycles. The Morgan fingerprint density at radius 2 is 0.304 bits per heavy atom. The molecule has 0 aliphatic carbocycles. The van der Waals surface area contributed by atoms with Crippen LogP contribution in [0.3, 0.4) is 0 Å². The van der Waals surface area contributed by atoms with E-state index in [2.05, 4.69) is 13.8 Å². The zero-order valence-electron chi connectivity index (χ0n) is 32.5. The summed E-state index contributed by atoms with van der Waals surface area (Å²) in [6.45, 7) is 6.16. The van der Waals surface area contributed by atoms with Gasteiger partial charge in [0.1, 0.15) is 0 Å². The molecule has 0 amide bonds. The van der Waals surface area contributed by atoms with Gasteiger partial charge in [-0.15, -0.1) is 0 Å². The van der Waals surface area contributed by atoms with Crippen LogP contribution in [0.1, 0.15) is 271 Å². The van der Waals surface area contributed by atoms with Crippen molar-refractivity contribution in [2.24, 2.45) is 0 Å². The molecule has 0 aromatic rings. The summed E-state index contributed by atoms with van der Waals surface area (Å²) in [5.74, 6) is 0. The number of rotatable bonds is 43. The van der Waals surface area contributed by atoms with Gasteiger partial charge in [-0.2, -0.15) is 0 Å². The Balaban J connectivity index is 3.03. The normalized spacial score (nSPS) is 11.6. The SMILES string of the molecule is CCCCCCCCCCCCCCCCCCCCCCOOCCCCCCCCCCCCCCCCCCCCCC. The molecular formula is C44H90O2. The first-order chi connectivity index (χ1) is 22.9. The summed E-state index contributed by atoms with van der Waals surface area (Å²) in [6, 6.07) is 0. The first-order valence-corrected chi connectivity index (χ1v) is 22.2. The van der Waals surface area contributed by atoms with E-state index in [-0.39, 0.29) is 0 Å². The van der Waals surface area contributed by atoms with E-state index in [9.17, 15) is 0 Å². The highest BCUT2D eigenvalue weighted by atomic mass is 17.2. The van der Waals surface area contributed by atoms with Gasteiger partial charge >= 0.3 is 0 Å². The number of unbranched alkanes of at least 4 members (excludes halogenated alkanes) is 38. The Hall–Kier alpha value is -0.0800. The van der Waals surface area contributed by atoms with Crippen LogP contribution in [-0.4, -0.2) is 13.2 Å². The van der Waals surface area contributed by atoms with Crippen LogP contribution in [0.15, 0.2) is 0 Å². The van der Waals surface area contributed by atoms with Crippen molar-refractivity contribution >= 4 is 0 Å². The van der Waals surface area contributed by atoms with Crippen LogP contribution in [0.2, 0.25) is 0 Å². The number of hydrogen-bond donors (Lipinski definition) is 0. The minimum atomic E-state index is 0.776. The summed E-state index contributed by atoms with van der Waals surface area (Å²) in [5.41, 5.74) is 0. The molecule has 0 saturated heterocycles. The zero-order chi connectivity index (χ0) is 33.1. The first kappa shape index (κ1) is 45.9. The molecule has 0 bridgehead atoms. The van der Waals surface area contributed by atoms with Crippen molar-refractivity contribution in [1.29, 1.82) is 0 Å². The summed E-state index contributed by atoms with van der Waals surface area (Å²) in [6.07, 6.45) is 57.0. The molecule has 0 spiro atoms. The van der Waals surface area contributed by atoms with Crippen LogP contribution >= 0.6 is 0 Å². The summed E-state index contributed by atoms with van der Waals surface area (Å²) >= 11 is 0. The van der Waals surface area contributed by atoms with E-state index in [0.29, 0.717) is 0 Å². The summed E-state index contributed by atoms with van der Waals surface area (Å²) in [7, 11) is 0. The predicted octanol–water partition coefficient (Wildman–Crippen LogP) is 16.6. The van der Waals surface area contributed by atoms with Crippen molar-refractivity contribution in [3.63, 3.8) is 0 Å². The van der Waals surface area contributed by atoms with E-state index in [4.69, 9.17) is 9.78 Å². The van der Waals surface area contributed by atoms with Crippen LogP contribution in [0, 0.1) is 0 Å². The monoisotopic (exact) mass is 651 g/mol. The van der Waals surface area contributed by atoms with E-state index in [1.165, 1.54) is 244 Å². The van der Waals surface area contributed by atoms with Crippen LogP contribution in [0.5, 0.6) is 0 Å². The maximum absolute atomic E-state index is 5.41. The summed E-state index contributed by atoms with van der Waals surface area (Å²) in [4.78, 5) is 10.8. The molecule has 278 valence electrons. The summed E-state index contributed by atoms with van der Waals surface area (Å²) in [5, 5.41) is 0. The minimum absolute atomic E-state index is 0.776. The Bertz CT molecular complexity index is 448. The van der Waals surface area contributed by atoms with Crippen molar-refractivity contribution < 1.29 is 9.78 Å². The molecule has 0 radical (unpaired) electrons. The highest BCUT2D eigenvalue weighted by Gasteiger charge is 1.98. The molecule has 0 fully saturated rings. The van der Waals surface area contributed by atoms with Crippen molar-refractivity contribution in [1.82, 2.24) is 0 Å². The lowest BCUT2D eigenvalue weighted by Gasteiger charge is -2.05. The molecule has 0 aromatic heterocycles. The molecule has 2 heteroatoms. The highest BCUT2D eigenvalue weighted by Crippen LogP contribution is 2.16. The zero-order valence-corrected chi connectivity index (χ0v) is 32.5. The Kier molecular flexibility index (Phi) is 44.8. The lowest BCUT2D eigenvalue weighted by Crippen LogP contribution is -1.99. The smallest absolute Gasteiger partial charge is 0.0822 e. The molecule has 0 unspecified atom stereocenters.